The van der Waals surface area contributed by atoms with Crippen LogP contribution in [-0.2, 0) is 51.2 Å². The van der Waals surface area contributed by atoms with E-state index in [2.05, 4.69) is 5.32 Å². The predicted molar refractivity (Wildman–Crippen MR) is 165 cm³/mol. The second-order valence-electron chi connectivity index (χ2n) is 11.8. The molecule has 3 aromatic rings. The fourth-order valence-electron chi connectivity index (χ4n) is 6.06. The number of aliphatic hydroxyl groups is 3. The average molecular weight is 652 g/mol. The highest BCUT2D eigenvalue weighted by atomic mass is 16.8. The number of aliphatic hydroxyl groups excluding tert-OH is 3. The highest BCUT2D eigenvalue weighted by molar-refractivity contribution is 5.73. The topological polar surface area (TPSA) is 154 Å². The van der Waals surface area contributed by atoms with Crippen LogP contribution in [0.15, 0.2) is 91.0 Å². The number of fused-ring (bicyclic) bond motifs is 1. The van der Waals surface area contributed by atoms with Crippen molar-refractivity contribution in [2.45, 2.75) is 87.8 Å². The lowest BCUT2D eigenvalue weighted by Gasteiger charge is -2.51. The molecule has 3 aliphatic heterocycles. The van der Waals surface area contributed by atoms with Crippen LogP contribution in [0.1, 0.15) is 29.9 Å². The van der Waals surface area contributed by atoms with Crippen molar-refractivity contribution in [2.75, 3.05) is 13.2 Å². The van der Waals surface area contributed by atoms with Gasteiger partial charge in [-0.1, -0.05) is 91.0 Å². The number of nitrogens with one attached hydrogen (secondary N) is 1. The number of carbonyl (C=O) groups excluding carboxylic acids is 1. The van der Waals surface area contributed by atoms with Crippen LogP contribution in [0.5, 0.6) is 0 Å². The standard InChI is InChI=1S/C35H41NO11/c1-21(38)36-27-29(40)28(39)25(17-37)44-34(27)47-32-31(41-18-22-11-5-2-6-12-22)30-26(20-43-33(46-30)24-15-9-4-10-16-24)45-35(32)42-19-23-13-7-3-8-14-23/h2-16,25-35,37,39-40H,17-20H2,1H3,(H,36,38)/t25-,26-,27-,28-,29-,30-,31+,32+,33-,34+,35+/m1/s1. The van der Waals surface area contributed by atoms with Crippen LogP contribution >= 0.6 is 0 Å². The second-order valence-corrected chi connectivity index (χ2v) is 11.8. The summed E-state index contributed by atoms with van der Waals surface area (Å²) < 4.78 is 44.6. The van der Waals surface area contributed by atoms with E-state index < -0.39 is 80.2 Å². The van der Waals surface area contributed by atoms with Gasteiger partial charge < -0.3 is 53.8 Å². The summed E-state index contributed by atoms with van der Waals surface area (Å²) in [6.45, 7) is 1.22. The highest BCUT2D eigenvalue weighted by Crippen LogP contribution is 2.38. The van der Waals surface area contributed by atoms with Crippen molar-refractivity contribution in [1.29, 1.82) is 0 Å². The maximum Gasteiger partial charge on any atom is 0.217 e. The number of hydrogen-bond acceptors (Lipinski definition) is 11. The largest absolute Gasteiger partial charge is 0.394 e. The number of carbonyl (C=O) groups is 1. The summed E-state index contributed by atoms with van der Waals surface area (Å²) in [6, 6.07) is 27.5. The van der Waals surface area contributed by atoms with Crippen molar-refractivity contribution in [3.05, 3.63) is 108 Å². The van der Waals surface area contributed by atoms with Crippen LogP contribution in [0.4, 0.5) is 0 Å². The molecule has 0 aromatic heterocycles. The Kier molecular flexibility index (Phi) is 11.3. The van der Waals surface area contributed by atoms with E-state index in [-0.39, 0.29) is 19.8 Å². The van der Waals surface area contributed by atoms with Crippen LogP contribution in [0.2, 0.25) is 0 Å². The highest BCUT2D eigenvalue weighted by Gasteiger charge is 2.55. The molecule has 11 atom stereocenters. The predicted octanol–water partition coefficient (Wildman–Crippen LogP) is 1.96. The maximum atomic E-state index is 12.2. The quantitative estimate of drug-likeness (QED) is 0.241. The van der Waals surface area contributed by atoms with Gasteiger partial charge >= 0.3 is 0 Å². The Bertz CT molecular complexity index is 1400. The molecule has 3 aromatic carbocycles. The average Bonchev–Trinajstić information content (AvgIpc) is 3.10. The van der Waals surface area contributed by atoms with Crippen LogP contribution < -0.4 is 5.32 Å². The summed E-state index contributed by atoms with van der Waals surface area (Å²) in [5, 5.41) is 34.2. The van der Waals surface area contributed by atoms with E-state index in [4.69, 9.17) is 33.2 Å². The fourth-order valence-corrected chi connectivity index (χ4v) is 6.06. The minimum Gasteiger partial charge on any atom is -0.394 e. The van der Waals surface area contributed by atoms with E-state index in [1.54, 1.807) is 0 Å². The third-order valence-corrected chi connectivity index (χ3v) is 8.44. The molecule has 12 heteroatoms. The van der Waals surface area contributed by atoms with Crippen LogP contribution in [-0.4, -0.2) is 95.8 Å². The minimum absolute atomic E-state index is 0.170. The summed E-state index contributed by atoms with van der Waals surface area (Å²) in [6.07, 6.45) is -10.5. The molecule has 4 N–H and O–H groups in total. The molecule has 0 bridgehead atoms. The van der Waals surface area contributed by atoms with Gasteiger partial charge in [0.05, 0.1) is 26.4 Å². The minimum atomic E-state index is -1.51. The Morgan fingerprint density at radius 3 is 2.02 bits per heavy atom. The number of benzene rings is 3. The summed E-state index contributed by atoms with van der Waals surface area (Å²) in [4.78, 5) is 12.2. The molecule has 252 valence electrons. The van der Waals surface area contributed by atoms with Crippen molar-refractivity contribution >= 4 is 5.91 Å². The molecule has 0 radical (unpaired) electrons. The zero-order valence-electron chi connectivity index (χ0n) is 25.9. The first-order chi connectivity index (χ1) is 22.9. The Morgan fingerprint density at radius 2 is 1.40 bits per heavy atom. The van der Waals surface area contributed by atoms with E-state index in [0.29, 0.717) is 0 Å². The molecule has 3 aliphatic rings. The Morgan fingerprint density at radius 1 is 0.787 bits per heavy atom. The smallest absolute Gasteiger partial charge is 0.217 e. The van der Waals surface area contributed by atoms with Gasteiger partial charge in [-0.2, -0.15) is 0 Å². The Balaban J connectivity index is 1.34. The van der Waals surface area contributed by atoms with Crippen molar-refractivity contribution in [3.63, 3.8) is 0 Å². The number of amides is 1. The van der Waals surface area contributed by atoms with Gasteiger partial charge in [0, 0.05) is 12.5 Å². The van der Waals surface area contributed by atoms with Gasteiger partial charge in [-0.25, -0.2) is 0 Å². The molecular formula is C35H41NO11. The molecule has 0 unspecified atom stereocenters. The third-order valence-electron chi connectivity index (χ3n) is 8.44. The first-order valence-corrected chi connectivity index (χ1v) is 15.7. The van der Waals surface area contributed by atoms with Gasteiger partial charge in [0.2, 0.25) is 5.91 Å². The molecule has 3 saturated heterocycles. The van der Waals surface area contributed by atoms with E-state index in [1.165, 1.54) is 6.92 Å². The molecule has 3 heterocycles. The molecule has 3 fully saturated rings. The second kappa shape index (κ2) is 15.8. The molecular weight excluding hydrogens is 610 g/mol. The summed E-state index contributed by atoms with van der Waals surface area (Å²) in [5.74, 6) is -0.479. The first kappa shape index (κ1) is 33.6. The summed E-state index contributed by atoms with van der Waals surface area (Å²) in [7, 11) is 0. The van der Waals surface area contributed by atoms with Crippen molar-refractivity contribution < 1.29 is 53.3 Å². The molecule has 0 saturated carbocycles. The van der Waals surface area contributed by atoms with Crippen molar-refractivity contribution in [1.82, 2.24) is 5.32 Å². The summed E-state index contributed by atoms with van der Waals surface area (Å²) >= 11 is 0. The van der Waals surface area contributed by atoms with E-state index in [0.717, 1.165) is 16.7 Å². The number of ether oxygens (including phenoxy) is 7. The fraction of sp³-hybridized carbons (Fsp3) is 0.457. The monoisotopic (exact) mass is 651 g/mol. The van der Waals surface area contributed by atoms with Gasteiger partial charge in [-0.3, -0.25) is 4.79 Å². The number of hydrogen-bond donors (Lipinski definition) is 4. The van der Waals surface area contributed by atoms with Crippen molar-refractivity contribution in [3.8, 4) is 0 Å². The lowest BCUT2D eigenvalue weighted by Crippen LogP contribution is -2.68. The molecule has 0 aliphatic carbocycles. The maximum absolute atomic E-state index is 12.2. The third kappa shape index (κ3) is 8.07. The van der Waals surface area contributed by atoms with E-state index >= 15 is 0 Å². The van der Waals surface area contributed by atoms with Gasteiger partial charge in [0.1, 0.15) is 48.8 Å². The lowest BCUT2D eigenvalue weighted by atomic mass is 9.95. The van der Waals surface area contributed by atoms with Crippen LogP contribution in [0, 0.1) is 0 Å². The first-order valence-electron chi connectivity index (χ1n) is 15.7. The zero-order valence-corrected chi connectivity index (χ0v) is 25.9. The Labute approximate surface area is 273 Å². The normalized spacial score (nSPS) is 33.9. The van der Waals surface area contributed by atoms with Crippen LogP contribution in [0.3, 0.4) is 0 Å². The molecule has 12 nitrogen and oxygen atoms in total. The Hall–Kier alpha value is -3.27. The van der Waals surface area contributed by atoms with Gasteiger partial charge in [-0.15, -0.1) is 0 Å². The lowest BCUT2D eigenvalue weighted by molar-refractivity contribution is -0.393. The van der Waals surface area contributed by atoms with Gasteiger partial charge in [0.25, 0.3) is 0 Å². The summed E-state index contributed by atoms with van der Waals surface area (Å²) in [5.41, 5.74) is 2.62. The zero-order chi connectivity index (χ0) is 32.8. The van der Waals surface area contributed by atoms with E-state index in [9.17, 15) is 20.1 Å². The van der Waals surface area contributed by atoms with Crippen LogP contribution in [0.25, 0.3) is 0 Å². The number of rotatable bonds is 11. The molecule has 47 heavy (non-hydrogen) atoms. The van der Waals surface area contributed by atoms with Crippen molar-refractivity contribution in [2.24, 2.45) is 0 Å². The molecule has 1 amide bonds. The SMILES string of the molecule is CC(=O)N[C@H]1[C@H](O[C@@H]2[C@@H](OCc3ccccc3)O[C@@H]3CO[C@@H](c4ccccc4)O[C@H]3[C@@H]2OCc2ccccc2)O[C@H](CO)[C@@H](O)[C@@H]1O. The molecule has 6 rings (SSSR count). The van der Waals surface area contributed by atoms with Gasteiger partial charge in [-0.05, 0) is 11.1 Å². The van der Waals surface area contributed by atoms with E-state index in [1.807, 2.05) is 91.0 Å². The molecule has 0 spiro atoms. The van der Waals surface area contributed by atoms with Gasteiger partial charge in [0.15, 0.2) is 18.9 Å².